The van der Waals surface area contributed by atoms with Crippen molar-refractivity contribution in [1.82, 2.24) is 0 Å². The summed E-state index contributed by atoms with van der Waals surface area (Å²) in [5.74, 6) is 0.400. The topological polar surface area (TPSA) is 23.5 Å². The van der Waals surface area contributed by atoms with Crippen molar-refractivity contribution in [3.63, 3.8) is 0 Å². The molecule has 0 aliphatic heterocycles. The minimum absolute atomic E-state index is 0.400. The molecule has 0 fully saturated rings. The highest BCUT2D eigenvalue weighted by atomic mass is 16.3. The van der Waals surface area contributed by atoms with Gasteiger partial charge in [0.25, 0.3) is 0 Å². The molecule has 0 aliphatic carbocycles. The lowest BCUT2D eigenvalue weighted by Gasteiger charge is -2.20. The van der Waals surface area contributed by atoms with Crippen LogP contribution in [0, 0.1) is 13.8 Å². The van der Waals surface area contributed by atoms with E-state index in [2.05, 4.69) is 36.1 Å². The van der Waals surface area contributed by atoms with Crippen LogP contribution in [0.1, 0.15) is 16.7 Å². The highest BCUT2D eigenvalue weighted by Gasteiger charge is 2.07. The van der Waals surface area contributed by atoms with Crippen molar-refractivity contribution in [2.75, 3.05) is 11.9 Å². The molecule has 2 aromatic rings. The first kappa shape index (κ1) is 12.5. The predicted molar refractivity (Wildman–Crippen MR) is 76.1 cm³/mol. The Morgan fingerprint density at radius 3 is 2.50 bits per heavy atom. The maximum Gasteiger partial charge on any atom is 0.123 e. The van der Waals surface area contributed by atoms with Gasteiger partial charge in [0.1, 0.15) is 5.75 Å². The van der Waals surface area contributed by atoms with Gasteiger partial charge in [-0.25, -0.2) is 0 Å². The molecule has 2 rings (SSSR count). The van der Waals surface area contributed by atoms with Crippen molar-refractivity contribution in [1.29, 1.82) is 0 Å². The normalized spacial score (nSPS) is 10.4. The zero-order valence-corrected chi connectivity index (χ0v) is 11.1. The fraction of sp³-hybridized carbons (Fsp3) is 0.250. The van der Waals surface area contributed by atoms with Crippen molar-refractivity contribution >= 4 is 5.69 Å². The molecular weight excluding hydrogens is 222 g/mol. The largest absolute Gasteiger partial charge is 0.507 e. The quantitative estimate of drug-likeness (QED) is 0.886. The molecule has 2 nitrogen and oxygen atoms in total. The zero-order chi connectivity index (χ0) is 13.1. The van der Waals surface area contributed by atoms with Crippen molar-refractivity contribution < 1.29 is 5.11 Å². The van der Waals surface area contributed by atoms with Crippen LogP contribution >= 0.6 is 0 Å². The van der Waals surface area contributed by atoms with E-state index in [4.69, 9.17) is 0 Å². The molecule has 1 N–H and O–H groups in total. The second-order valence-corrected chi connectivity index (χ2v) is 4.78. The van der Waals surface area contributed by atoms with Gasteiger partial charge in [0.05, 0.1) is 0 Å². The minimum Gasteiger partial charge on any atom is -0.507 e. The van der Waals surface area contributed by atoms with Crippen LogP contribution < -0.4 is 4.90 Å². The Hall–Kier alpha value is -1.96. The first-order valence-corrected chi connectivity index (χ1v) is 6.13. The third kappa shape index (κ3) is 2.65. The average Bonchev–Trinajstić information content (AvgIpc) is 2.35. The molecule has 94 valence electrons. The lowest BCUT2D eigenvalue weighted by molar-refractivity contribution is 0.463. The molecule has 0 radical (unpaired) electrons. The number of aryl methyl sites for hydroxylation is 2. The SMILES string of the molecule is Cc1cccc(N(C)Cc2cccc(C)c2O)c1. The average molecular weight is 241 g/mol. The van der Waals surface area contributed by atoms with Crippen LogP contribution in [-0.4, -0.2) is 12.2 Å². The van der Waals surface area contributed by atoms with Crippen LogP contribution in [0.4, 0.5) is 5.69 Å². The number of phenolic OH excluding ortho intramolecular Hbond substituents is 1. The van der Waals surface area contributed by atoms with Gasteiger partial charge in [0.2, 0.25) is 0 Å². The van der Waals surface area contributed by atoms with Gasteiger partial charge in [0, 0.05) is 24.8 Å². The Morgan fingerprint density at radius 2 is 1.78 bits per heavy atom. The van der Waals surface area contributed by atoms with Gasteiger partial charge in [0.15, 0.2) is 0 Å². The van der Waals surface area contributed by atoms with Crippen molar-refractivity contribution in [2.24, 2.45) is 0 Å². The van der Waals surface area contributed by atoms with Crippen molar-refractivity contribution in [3.8, 4) is 5.75 Å². The van der Waals surface area contributed by atoms with Gasteiger partial charge in [-0.2, -0.15) is 0 Å². The first-order valence-electron chi connectivity index (χ1n) is 6.13. The zero-order valence-electron chi connectivity index (χ0n) is 11.1. The summed E-state index contributed by atoms with van der Waals surface area (Å²) in [6.45, 7) is 4.71. The van der Waals surface area contributed by atoms with Gasteiger partial charge in [-0.15, -0.1) is 0 Å². The predicted octanol–water partition coefficient (Wildman–Crippen LogP) is 3.65. The summed E-state index contributed by atoms with van der Waals surface area (Å²) in [6.07, 6.45) is 0. The Bertz CT molecular complexity index is 549. The molecule has 0 unspecified atom stereocenters. The first-order chi connectivity index (χ1) is 8.58. The number of benzene rings is 2. The molecule has 0 bridgehead atoms. The molecular formula is C16H19NO. The van der Waals surface area contributed by atoms with Crippen LogP contribution in [0.5, 0.6) is 5.75 Å². The van der Waals surface area contributed by atoms with Crippen LogP contribution in [0.2, 0.25) is 0 Å². The second kappa shape index (κ2) is 5.13. The Balaban J connectivity index is 2.21. The van der Waals surface area contributed by atoms with E-state index in [0.717, 1.165) is 16.8 Å². The summed E-state index contributed by atoms with van der Waals surface area (Å²) in [5, 5.41) is 10.0. The van der Waals surface area contributed by atoms with Crippen LogP contribution in [0.15, 0.2) is 42.5 Å². The Kier molecular flexibility index (Phi) is 3.56. The van der Waals surface area contributed by atoms with Gasteiger partial charge < -0.3 is 10.0 Å². The molecule has 0 heterocycles. The maximum absolute atomic E-state index is 10.0. The third-order valence-corrected chi connectivity index (χ3v) is 3.17. The van der Waals surface area contributed by atoms with Gasteiger partial charge in [-0.1, -0.05) is 30.3 Å². The van der Waals surface area contributed by atoms with E-state index in [1.54, 1.807) is 0 Å². The molecule has 0 spiro atoms. The summed E-state index contributed by atoms with van der Waals surface area (Å²) < 4.78 is 0. The smallest absolute Gasteiger partial charge is 0.123 e. The van der Waals surface area contributed by atoms with E-state index in [1.807, 2.05) is 32.2 Å². The molecule has 0 saturated carbocycles. The Labute approximate surface area is 109 Å². The van der Waals surface area contributed by atoms with Crippen LogP contribution in [0.3, 0.4) is 0 Å². The van der Waals surface area contributed by atoms with E-state index in [-0.39, 0.29) is 0 Å². The number of aromatic hydroxyl groups is 1. The monoisotopic (exact) mass is 241 g/mol. The maximum atomic E-state index is 10.0. The standard InChI is InChI=1S/C16H19NO/c1-12-6-4-9-15(10-12)17(3)11-14-8-5-7-13(2)16(14)18/h4-10,18H,11H2,1-3H3. The van der Waals surface area contributed by atoms with E-state index in [0.29, 0.717) is 12.3 Å². The summed E-state index contributed by atoms with van der Waals surface area (Å²) in [4.78, 5) is 2.14. The summed E-state index contributed by atoms with van der Waals surface area (Å²) >= 11 is 0. The highest BCUT2D eigenvalue weighted by molar-refractivity contribution is 5.50. The van der Waals surface area contributed by atoms with Crippen LogP contribution in [0.25, 0.3) is 0 Å². The Morgan fingerprint density at radius 1 is 1.06 bits per heavy atom. The van der Waals surface area contributed by atoms with Crippen molar-refractivity contribution in [3.05, 3.63) is 59.2 Å². The molecule has 0 saturated heterocycles. The number of para-hydroxylation sites is 1. The second-order valence-electron chi connectivity index (χ2n) is 4.78. The van der Waals surface area contributed by atoms with E-state index < -0.39 is 0 Å². The number of nitrogens with zero attached hydrogens (tertiary/aromatic N) is 1. The highest BCUT2D eigenvalue weighted by Crippen LogP contribution is 2.24. The molecule has 2 aromatic carbocycles. The molecule has 2 heteroatoms. The summed E-state index contributed by atoms with van der Waals surface area (Å²) in [5.41, 5.74) is 4.29. The summed E-state index contributed by atoms with van der Waals surface area (Å²) in [7, 11) is 2.04. The number of rotatable bonds is 3. The number of anilines is 1. The number of hydrogen-bond donors (Lipinski definition) is 1. The summed E-state index contributed by atoms with van der Waals surface area (Å²) in [6, 6.07) is 14.2. The number of phenols is 1. The van der Waals surface area contributed by atoms with Crippen LogP contribution in [-0.2, 0) is 6.54 Å². The number of hydrogen-bond acceptors (Lipinski definition) is 2. The fourth-order valence-corrected chi connectivity index (χ4v) is 2.06. The lowest BCUT2D eigenvalue weighted by Crippen LogP contribution is -2.16. The van der Waals surface area contributed by atoms with E-state index in [1.165, 1.54) is 5.56 Å². The lowest BCUT2D eigenvalue weighted by atomic mass is 10.1. The molecule has 0 atom stereocenters. The molecule has 0 aliphatic rings. The third-order valence-electron chi connectivity index (χ3n) is 3.17. The van der Waals surface area contributed by atoms with Crippen molar-refractivity contribution in [2.45, 2.75) is 20.4 Å². The molecule has 0 aromatic heterocycles. The fourth-order valence-electron chi connectivity index (χ4n) is 2.06. The van der Waals surface area contributed by atoms with Gasteiger partial charge >= 0.3 is 0 Å². The minimum atomic E-state index is 0.400. The van der Waals surface area contributed by atoms with E-state index in [9.17, 15) is 5.11 Å². The van der Waals surface area contributed by atoms with E-state index >= 15 is 0 Å². The molecule has 0 amide bonds. The molecule has 18 heavy (non-hydrogen) atoms. The van der Waals surface area contributed by atoms with Gasteiger partial charge in [-0.05, 0) is 37.1 Å². The van der Waals surface area contributed by atoms with Gasteiger partial charge in [-0.3, -0.25) is 0 Å².